The number of nitrogens with zero attached hydrogens (tertiary/aromatic N) is 2. The van der Waals surface area contributed by atoms with Crippen molar-refractivity contribution in [1.29, 1.82) is 0 Å². The molecule has 0 N–H and O–H groups in total. The number of fused-ring (bicyclic) bond motifs is 3. The van der Waals surface area contributed by atoms with Gasteiger partial charge in [-0.2, -0.15) is 5.10 Å². The summed E-state index contributed by atoms with van der Waals surface area (Å²) in [5, 5.41) is 7.05. The highest BCUT2D eigenvalue weighted by Gasteiger charge is 2.42. The summed E-state index contributed by atoms with van der Waals surface area (Å²) in [5.41, 5.74) is 5.65. The van der Waals surface area contributed by atoms with Crippen LogP contribution in [0.2, 0.25) is 0 Å². The molecule has 4 nitrogen and oxygen atoms in total. The van der Waals surface area contributed by atoms with Gasteiger partial charge in [0.1, 0.15) is 5.75 Å². The molecule has 0 amide bonds. The molecule has 0 aromatic heterocycles. The van der Waals surface area contributed by atoms with E-state index in [1.54, 1.807) is 20.1 Å². The van der Waals surface area contributed by atoms with E-state index < -0.39 is 0 Å². The Morgan fingerprint density at radius 1 is 1.21 bits per heavy atom. The highest BCUT2D eigenvalue weighted by molar-refractivity contribution is 9.10. The van der Waals surface area contributed by atoms with Crippen LogP contribution in [0.4, 0.5) is 0 Å². The summed E-state index contributed by atoms with van der Waals surface area (Å²) in [6, 6.07) is 14.7. The molecule has 28 heavy (non-hydrogen) atoms. The van der Waals surface area contributed by atoms with E-state index in [-0.39, 0.29) is 17.7 Å². The predicted octanol–water partition coefficient (Wildman–Crippen LogP) is 5.27. The maximum Gasteiger partial charge on any atom is 0.154 e. The van der Waals surface area contributed by atoms with Gasteiger partial charge in [-0.15, -0.1) is 0 Å². The van der Waals surface area contributed by atoms with Crippen molar-refractivity contribution in [2.45, 2.75) is 32.7 Å². The van der Waals surface area contributed by atoms with Gasteiger partial charge >= 0.3 is 0 Å². The Morgan fingerprint density at radius 2 is 1.96 bits per heavy atom. The maximum absolute atomic E-state index is 11.7. The molecule has 0 saturated carbocycles. The molecule has 0 fully saturated rings. The second-order valence-corrected chi connectivity index (χ2v) is 8.31. The second kappa shape index (κ2) is 7.55. The van der Waals surface area contributed by atoms with Gasteiger partial charge in [0.05, 0.1) is 18.9 Å². The third-order valence-electron chi connectivity index (χ3n) is 5.51. The van der Waals surface area contributed by atoms with Gasteiger partial charge in [0, 0.05) is 27.7 Å². The second-order valence-electron chi connectivity index (χ2n) is 7.39. The van der Waals surface area contributed by atoms with Crippen molar-refractivity contribution in [3.63, 3.8) is 0 Å². The van der Waals surface area contributed by atoms with Crippen molar-refractivity contribution in [2.75, 3.05) is 7.11 Å². The first kappa shape index (κ1) is 18.9. The summed E-state index contributed by atoms with van der Waals surface area (Å²) in [4.78, 5) is 11.7. The van der Waals surface area contributed by atoms with Gasteiger partial charge in [-0.3, -0.25) is 9.80 Å². The van der Waals surface area contributed by atoms with Crippen LogP contribution < -0.4 is 4.74 Å². The van der Waals surface area contributed by atoms with E-state index in [2.05, 4.69) is 52.3 Å². The number of hydrogen-bond acceptors (Lipinski definition) is 4. The quantitative estimate of drug-likeness (QED) is 0.610. The molecule has 0 bridgehead atoms. The van der Waals surface area contributed by atoms with Gasteiger partial charge in [-0.25, -0.2) is 0 Å². The summed E-state index contributed by atoms with van der Waals surface area (Å²) in [6.45, 7) is 3.54. The number of methoxy groups -OCH3 is 1. The predicted molar refractivity (Wildman–Crippen MR) is 115 cm³/mol. The van der Waals surface area contributed by atoms with Crippen molar-refractivity contribution in [3.8, 4) is 5.75 Å². The van der Waals surface area contributed by atoms with Gasteiger partial charge in [0.25, 0.3) is 0 Å². The Balaban J connectivity index is 1.81. The van der Waals surface area contributed by atoms with E-state index in [4.69, 9.17) is 9.84 Å². The van der Waals surface area contributed by atoms with Crippen LogP contribution in [0, 0.1) is 5.92 Å². The standard InChI is InChI=1S/C23H23BrN2O2/c1-14(12-15(2)27)26-23(16-4-7-18(24)8-5-16)21-10-6-17-13-19(28-3)9-11-20(17)22(21)25-26/h4-5,7-9,11-13,21,23H,6,10H2,1-3H3/b14-12+/t21-,23+/m0/s1. The topological polar surface area (TPSA) is 41.9 Å². The number of hydrogen-bond donors (Lipinski definition) is 0. The number of ketones is 1. The van der Waals surface area contributed by atoms with Gasteiger partial charge in [-0.1, -0.05) is 28.1 Å². The first-order valence-corrected chi connectivity index (χ1v) is 10.3. The minimum atomic E-state index is 0.0345. The number of carbonyl (C=O) groups is 1. The lowest BCUT2D eigenvalue weighted by Crippen LogP contribution is -2.28. The third-order valence-corrected chi connectivity index (χ3v) is 6.04. The monoisotopic (exact) mass is 438 g/mol. The number of aryl methyl sites for hydroxylation is 1. The van der Waals surface area contributed by atoms with Crippen LogP contribution in [0.3, 0.4) is 0 Å². The van der Waals surface area contributed by atoms with Crippen molar-refractivity contribution in [1.82, 2.24) is 5.01 Å². The lowest BCUT2D eigenvalue weighted by atomic mass is 9.77. The average molecular weight is 439 g/mol. The summed E-state index contributed by atoms with van der Waals surface area (Å²) < 4.78 is 6.45. The van der Waals surface area contributed by atoms with Gasteiger partial charge in [0.15, 0.2) is 5.78 Å². The largest absolute Gasteiger partial charge is 0.497 e. The van der Waals surface area contributed by atoms with E-state index in [1.165, 1.54) is 16.7 Å². The molecule has 0 spiro atoms. The maximum atomic E-state index is 11.7. The van der Waals surface area contributed by atoms with Crippen LogP contribution in [0.5, 0.6) is 5.75 Å². The van der Waals surface area contributed by atoms with Crippen LogP contribution in [0.1, 0.15) is 43.0 Å². The summed E-state index contributed by atoms with van der Waals surface area (Å²) in [6.07, 6.45) is 3.68. The molecule has 0 radical (unpaired) electrons. The molecule has 0 unspecified atom stereocenters. The van der Waals surface area contributed by atoms with E-state index in [1.807, 2.05) is 18.0 Å². The number of hydrazone groups is 1. The highest BCUT2D eigenvalue weighted by atomic mass is 79.9. The average Bonchev–Trinajstić information content (AvgIpc) is 3.07. The van der Waals surface area contributed by atoms with Crippen molar-refractivity contribution in [3.05, 3.63) is 75.4 Å². The van der Waals surface area contributed by atoms with E-state index in [0.29, 0.717) is 0 Å². The normalized spacial score (nSPS) is 21.1. The van der Waals surface area contributed by atoms with Crippen LogP contribution in [0.25, 0.3) is 0 Å². The fourth-order valence-corrected chi connectivity index (χ4v) is 4.54. The van der Waals surface area contributed by atoms with Crippen LogP contribution in [-0.2, 0) is 11.2 Å². The number of carbonyl (C=O) groups excluding carboxylic acids is 1. The van der Waals surface area contributed by atoms with Crippen LogP contribution >= 0.6 is 15.9 Å². The molecule has 2 aromatic rings. The minimum Gasteiger partial charge on any atom is -0.497 e. The molecule has 144 valence electrons. The van der Waals surface area contributed by atoms with Gasteiger partial charge in [-0.05, 0) is 68.1 Å². The fourth-order valence-electron chi connectivity index (χ4n) is 4.28. The Morgan fingerprint density at radius 3 is 2.64 bits per heavy atom. The van der Waals surface area contributed by atoms with E-state index in [0.717, 1.165) is 34.5 Å². The molecule has 1 aliphatic carbocycles. The Hall–Kier alpha value is -2.40. The molecule has 1 aliphatic heterocycles. The van der Waals surface area contributed by atoms with Crippen LogP contribution in [0.15, 0.2) is 63.8 Å². The fraction of sp³-hybridized carbons (Fsp3) is 0.304. The van der Waals surface area contributed by atoms with Crippen molar-refractivity contribution >= 4 is 27.4 Å². The molecule has 0 saturated heterocycles. The van der Waals surface area contributed by atoms with Crippen molar-refractivity contribution in [2.24, 2.45) is 11.0 Å². The Labute approximate surface area is 174 Å². The molecule has 5 heteroatoms. The lowest BCUT2D eigenvalue weighted by molar-refractivity contribution is -0.112. The molecule has 2 aliphatic rings. The number of halogens is 1. The van der Waals surface area contributed by atoms with Gasteiger partial charge in [0.2, 0.25) is 0 Å². The zero-order valence-corrected chi connectivity index (χ0v) is 17.9. The number of allylic oxidation sites excluding steroid dienone is 2. The molecular formula is C23H23BrN2O2. The number of ether oxygens (including phenoxy) is 1. The molecule has 1 heterocycles. The molecule has 4 rings (SSSR count). The molecule has 2 atom stereocenters. The first-order valence-electron chi connectivity index (χ1n) is 9.47. The van der Waals surface area contributed by atoms with E-state index in [9.17, 15) is 4.79 Å². The SMILES string of the molecule is COc1ccc2c(c1)CC[C@H]1C2=NN(/C(C)=C/C(C)=O)[C@@H]1c1ccc(Br)cc1. The Bertz CT molecular complexity index is 979. The summed E-state index contributed by atoms with van der Waals surface area (Å²) in [7, 11) is 1.70. The number of rotatable bonds is 4. The highest BCUT2D eigenvalue weighted by Crippen LogP contribution is 2.45. The summed E-state index contributed by atoms with van der Waals surface area (Å²) >= 11 is 3.52. The molecule has 2 aromatic carbocycles. The van der Waals surface area contributed by atoms with Crippen LogP contribution in [-0.4, -0.2) is 23.6 Å². The van der Waals surface area contributed by atoms with Crippen molar-refractivity contribution < 1.29 is 9.53 Å². The minimum absolute atomic E-state index is 0.0345. The third kappa shape index (κ3) is 3.39. The van der Waals surface area contributed by atoms with Gasteiger partial charge < -0.3 is 4.74 Å². The lowest BCUT2D eigenvalue weighted by Gasteiger charge is -2.31. The summed E-state index contributed by atoms with van der Waals surface area (Å²) in [5.74, 6) is 1.20. The first-order chi connectivity index (χ1) is 13.5. The zero-order valence-electron chi connectivity index (χ0n) is 16.3. The molecular weight excluding hydrogens is 416 g/mol. The van der Waals surface area contributed by atoms with E-state index >= 15 is 0 Å². The number of benzene rings is 2. The zero-order chi connectivity index (χ0) is 19.8. The smallest absolute Gasteiger partial charge is 0.154 e. The Kier molecular flexibility index (Phi) is 5.11.